The van der Waals surface area contributed by atoms with Crippen LogP contribution in [0.2, 0.25) is 0 Å². The van der Waals surface area contributed by atoms with Crippen molar-refractivity contribution in [2.45, 2.75) is 30.7 Å². The third-order valence-electron chi connectivity index (χ3n) is 4.67. The Kier molecular flexibility index (Phi) is 7.05. The molecule has 0 aromatic heterocycles. The Labute approximate surface area is 181 Å². The molecule has 0 saturated carbocycles. The first-order valence-electron chi connectivity index (χ1n) is 9.41. The summed E-state index contributed by atoms with van der Waals surface area (Å²) in [5, 5.41) is 67.9. The summed E-state index contributed by atoms with van der Waals surface area (Å²) in [6.07, 6.45) is -5.30. The van der Waals surface area contributed by atoms with Gasteiger partial charge in [0.15, 0.2) is 23.0 Å². The maximum Gasteiger partial charge on any atom is 0.330 e. The van der Waals surface area contributed by atoms with Crippen LogP contribution in [-0.2, 0) is 14.3 Å². The van der Waals surface area contributed by atoms with Gasteiger partial charge in [-0.1, -0.05) is 6.07 Å². The fourth-order valence-electron chi connectivity index (χ4n) is 2.88. The molecule has 0 spiro atoms. The Bertz CT molecular complexity index is 990. The molecule has 1 heterocycles. The molecule has 7 N–H and O–H groups in total. The third-order valence-corrected chi connectivity index (χ3v) is 4.67. The minimum absolute atomic E-state index is 0.00349. The standard InChI is InChI=1S/C21H22O11/c22-12-4-1-10(7-14(12)24)2-6-17(26)30-9-16-18(27)19(28)20(29)21(32-16)31-11-3-5-13(23)15(25)8-11/h1-8,16,18-25,27-29H,9H2. The highest BCUT2D eigenvalue weighted by Crippen LogP contribution is 2.31. The van der Waals surface area contributed by atoms with Crippen LogP contribution in [0.4, 0.5) is 0 Å². The number of hydrogen-bond acceptors (Lipinski definition) is 11. The number of phenols is 4. The molecule has 11 heteroatoms. The van der Waals surface area contributed by atoms with E-state index in [2.05, 4.69) is 0 Å². The third kappa shape index (κ3) is 5.39. The van der Waals surface area contributed by atoms with E-state index in [9.17, 15) is 40.5 Å². The highest BCUT2D eigenvalue weighted by molar-refractivity contribution is 5.87. The van der Waals surface area contributed by atoms with Crippen molar-refractivity contribution < 1.29 is 54.8 Å². The zero-order valence-electron chi connectivity index (χ0n) is 16.5. The van der Waals surface area contributed by atoms with Crippen LogP contribution in [0.1, 0.15) is 5.56 Å². The smallest absolute Gasteiger partial charge is 0.330 e. The van der Waals surface area contributed by atoms with Gasteiger partial charge in [-0.25, -0.2) is 4.79 Å². The van der Waals surface area contributed by atoms with Gasteiger partial charge in [-0.3, -0.25) is 0 Å². The summed E-state index contributed by atoms with van der Waals surface area (Å²) in [6.45, 7) is -0.490. The largest absolute Gasteiger partial charge is 0.504 e. The normalized spacial score (nSPS) is 25.5. The number of carbonyl (C=O) groups is 1. The van der Waals surface area contributed by atoms with Crippen LogP contribution in [0.3, 0.4) is 0 Å². The van der Waals surface area contributed by atoms with Crippen LogP contribution in [0, 0.1) is 0 Å². The van der Waals surface area contributed by atoms with Gasteiger partial charge in [-0.2, -0.15) is 0 Å². The van der Waals surface area contributed by atoms with Crippen molar-refractivity contribution >= 4 is 12.0 Å². The van der Waals surface area contributed by atoms with Crippen LogP contribution in [0.5, 0.6) is 28.7 Å². The fraction of sp³-hybridized carbons (Fsp3) is 0.286. The maximum absolute atomic E-state index is 12.0. The van der Waals surface area contributed by atoms with Gasteiger partial charge >= 0.3 is 5.97 Å². The molecule has 1 saturated heterocycles. The van der Waals surface area contributed by atoms with Crippen LogP contribution >= 0.6 is 0 Å². The lowest BCUT2D eigenvalue weighted by molar-refractivity contribution is -0.278. The summed E-state index contributed by atoms with van der Waals surface area (Å²) < 4.78 is 15.8. The SMILES string of the molecule is O=C(C=Cc1ccc(O)c(O)c1)OCC1OC(Oc2ccc(O)c(O)c2)C(O)C(O)C1O. The Morgan fingerprint density at radius 3 is 2.19 bits per heavy atom. The molecule has 3 rings (SSSR count). The first-order chi connectivity index (χ1) is 15.2. The lowest BCUT2D eigenvalue weighted by Crippen LogP contribution is -2.60. The summed E-state index contributed by atoms with van der Waals surface area (Å²) in [5.74, 6) is -2.36. The van der Waals surface area contributed by atoms with Crippen molar-refractivity contribution in [2.24, 2.45) is 0 Å². The number of benzene rings is 2. The molecule has 0 radical (unpaired) electrons. The Morgan fingerprint density at radius 2 is 1.53 bits per heavy atom. The van der Waals surface area contributed by atoms with Crippen molar-refractivity contribution in [3.05, 3.63) is 48.0 Å². The molecule has 1 aliphatic rings. The molecule has 5 atom stereocenters. The number of phenolic OH excluding ortho intramolecular Hbond substituents is 4. The summed E-state index contributed by atoms with van der Waals surface area (Å²) >= 11 is 0. The van der Waals surface area contributed by atoms with Crippen molar-refractivity contribution in [3.8, 4) is 28.7 Å². The second-order valence-corrected chi connectivity index (χ2v) is 6.99. The average Bonchev–Trinajstić information content (AvgIpc) is 2.76. The Morgan fingerprint density at radius 1 is 0.875 bits per heavy atom. The number of esters is 1. The molecule has 0 aliphatic carbocycles. The zero-order chi connectivity index (χ0) is 23.4. The molecule has 1 fully saturated rings. The van der Waals surface area contributed by atoms with Crippen molar-refractivity contribution in [3.63, 3.8) is 0 Å². The number of hydrogen-bond donors (Lipinski definition) is 7. The number of rotatable bonds is 6. The van der Waals surface area contributed by atoms with E-state index in [1.54, 1.807) is 0 Å². The summed E-state index contributed by atoms with van der Waals surface area (Å²) in [7, 11) is 0. The minimum atomic E-state index is -1.68. The van der Waals surface area contributed by atoms with E-state index in [-0.39, 0.29) is 17.2 Å². The number of ether oxygens (including phenoxy) is 3. The van der Waals surface area contributed by atoms with Gasteiger partial charge in [0.25, 0.3) is 0 Å². The maximum atomic E-state index is 12.0. The van der Waals surface area contributed by atoms with Gasteiger partial charge in [0.1, 0.15) is 36.8 Å². The summed E-state index contributed by atoms with van der Waals surface area (Å²) in [5.41, 5.74) is 0.412. The van der Waals surface area contributed by atoms with Gasteiger partial charge < -0.3 is 50.0 Å². The van der Waals surface area contributed by atoms with E-state index < -0.39 is 54.8 Å². The molecule has 32 heavy (non-hydrogen) atoms. The first kappa shape index (κ1) is 23.2. The lowest BCUT2D eigenvalue weighted by atomic mass is 9.99. The molecule has 1 aliphatic heterocycles. The van der Waals surface area contributed by atoms with E-state index in [1.807, 2.05) is 0 Å². The average molecular weight is 450 g/mol. The lowest BCUT2D eigenvalue weighted by Gasteiger charge is -2.39. The predicted molar refractivity (Wildman–Crippen MR) is 107 cm³/mol. The van der Waals surface area contributed by atoms with Gasteiger partial charge in [-0.05, 0) is 35.9 Å². The van der Waals surface area contributed by atoms with E-state index in [0.717, 1.165) is 18.2 Å². The molecule has 0 amide bonds. The Hall–Kier alpha value is -3.51. The molecule has 11 nitrogen and oxygen atoms in total. The summed E-state index contributed by atoms with van der Waals surface area (Å²) in [6, 6.07) is 7.41. The molecule has 172 valence electrons. The van der Waals surface area contributed by atoms with Gasteiger partial charge in [0, 0.05) is 12.1 Å². The van der Waals surface area contributed by atoms with E-state index >= 15 is 0 Å². The van der Waals surface area contributed by atoms with Crippen LogP contribution < -0.4 is 4.74 Å². The number of aliphatic hydroxyl groups excluding tert-OH is 3. The Balaban J connectivity index is 1.60. The molecular formula is C21H22O11. The number of carbonyl (C=O) groups excluding carboxylic acids is 1. The van der Waals surface area contributed by atoms with Crippen molar-refractivity contribution in [1.29, 1.82) is 0 Å². The van der Waals surface area contributed by atoms with Crippen molar-refractivity contribution in [1.82, 2.24) is 0 Å². The molecule has 2 aromatic rings. The van der Waals surface area contributed by atoms with Gasteiger partial charge in [0.05, 0.1) is 0 Å². The monoisotopic (exact) mass is 450 g/mol. The number of aliphatic hydroxyl groups is 3. The zero-order valence-corrected chi connectivity index (χ0v) is 16.5. The van der Waals surface area contributed by atoms with Gasteiger partial charge in [-0.15, -0.1) is 0 Å². The summed E-state index contributed by atoms with van der Waals surface area (Å²) in [4.78, 5) is 12.0. The van der Waals surface area contributed by atoms with Crippen LogP contribution in [0.15, 0.2) is 42.5 Å². The highest BCUT2D eigenvalue weighted by atomic mass is 16.7. The second-order valence-electron chi connectivity index (χ2n) is 6.99. The molecule has 0 bridgehead atoms. The van der Waals surface area contributed by atoms with E-state index in [4.69, 9.17) is 14.2 Å². The first-order valence-corrected chi connectivity index (χ1v) is 9.41. The highest BCUT2D eigenvalue weighted by Gasteiger charge is 2.45. The number of aromatic hydroxyl groups is 4. The molecule has 2 aromatic carbocycles. The fourth-order valence-corrected chi connectivity index (χ4v) is 2.88. The topological polar surface area (TPSA) is 186 Å². The van der Waals surface area contributed by atoms with E-state index in [0.29, 0.717) is 5.56 Å². The quantitative estimate of drug-likeness (QED) is 0.178. The van der Waals surface area contributed by atoms with E-state index in [1.165, 1.54) is 30.3 Å². The van der Waals surface area contributed by atoms with Crippen LogP contribution in [-0.4, -0.2) is 79.0 Å². The van der Waals surface area contributed by atoms with Gasteiger partial charge in [0.2, 0.25) is 6.29 Å². The minimum Gasteiger partial charge on any atom is -0.504 e. The van der Waals surface area contributed by atoms with Crippen molar-refractivity contribution in [2.75, 3.05) is 6.61 Å². The second kappa shape index (κ2) is 9.75. The van der Waals surface area contributed by atoms with Crippen LogP contribution in [0.25, 0.3) is 6.08 Å². The predicted octanol–water partition coefficient (Wildman–Crippen LogP) is -0.0480. The molecule has 5 unspecified atom stereocenters. The molecular weight excluding hydrogens is 428 g/mol.